The lowest BCUT2D eigenvalue weighted by Gasteiger charge is -2.26. The van der Waals surface area contributed by atoms with Crippen LogP contribution >= 0.6 is 12.4 Å². The minimum absolute atomic E-state index is 0. The van der Waals surface area contributed by atoms with Gasteiger partial charge >= 0.3 is 0 Å². The molecule has 1 aromatic rings. The fourth-order valence-electron chi connectivity index (χ4n) is 2.46. The van der Waals surface area contributed by atoms with E-state index in [0.717, 1.165) is 18.8 Å². The van der Waals surface area contributed by atoms with Crippen molar-refractivity contribution in [3.05, 3.63) is 29.3 Å². The maximum absolute atomic E-state index is 5.28. The van der Waals surface area contributed by atoms with Crippen LogP contribution in [0.15, 0.2) is 18.2 Å². The number of halogens is 1. The van der Waals surface area contributed by atoms with Crippen LogP contribution in [0.4, 0.5) is 0 Å². The smallest absolute Gasteiger partial charge is 0.119 e. The molecule has 0 saturated heterocycles. The maximum atomic E-state index is 5.28. The van der Waals surface area contributed by atoms with Gasteiger partial charge in [-0.3, -0.25) is 0 Å². The highest BCUT2D eigenvalue weighted by Crippen LogP contribution is 2.51. The van der Waals surface area contributed by atoms with E-state index in [-0.39, 0.29) is 12.4 Å². The molecule has 1 aromatic carbocycles. The van der Waals surface area contributed by atoms with Gasteiger partial charge in [0, 0.05) is 18.5 Å². The topological polar surface area (TPSA) is 21.3 Å². The lowest BCUT2D eigenvalue weighted by atomic mass is 9.88. The van der Waals surface area contributed by atoms with Crippen molar-refractivity contribution >= 4 is 12.4 Å². The van der Waals surface area contributed by atoms with Gasteiger partial charge in [-0.2, -0.15) is 0 Å². The molecule has 0 unspecified atom stereocenters. The van der Waals surface area contributed by atoms with Crippen molar-refractivity contribution < 1.29 is 4.74 Å². The zero-order valence-corrected chi connectivity index (χ0v) is 9.69. The molecule has 2 aliphatic rings. The monoisotopic (exact) mass is 225 g/mol. The van der Waals surface area contributed by atoms with Crippen molar-refractivity contribution in [2.45, 2.75) is 24.8 Å². The Morgan fingerprint density at radius 1 is 1.33 bits per heavy atom. The van der Waals surface area contributed by atoms with Crippen LogP contribution in [-0.4, -0.2) is 13.7 Å². The number of fused-ring (bicyclic) bond motifs is 2. The molecule has 82 valence electrons. The zero-order valence-electron chi connectivity index (χ0n) is 8.88. The molecule has 15 heavy (non-hydrogen) atoms. The number of benzene rings is 1. The second-order valence-corrected chi connectivity index (χ2v) is 4.41. The summed E-state index contributed by atoms with van der Waals surface area (Å²) in [5.74, 6) is 0.997. The summed E-state index contributed by atoms with van der Waals surface area (Å²) in [5.41, 5.74) is 3.44. The van der Waals surface area contributed by atoms with Crippen molar-refractivity contribution in [3.63, 3.8) is 0 Å². The average molecular weight is 226 g/mol. The van der Waals surface area contributed by atoms with E-state index in [1.807, 2.05) is 0 Å². The van der Waals surface area contributed by atoms with Gasteiger partial charge < -0.3 is 10.1 Å². The van der Waals surface area contributed by atoms with E-state index in [2.05, 4.69) is 23.5 Å². The predicted octanol–water partition coefficient (Wildman–Crippen LogP) is 2.25. The third-order valence-corrected chi connectivity index (χ3v) is 3.52. The summed E-state index contributed by atoms with van der Waals surface area (Å²) in [6, 6.07) is 6.48. The van der Waals surface area contributed by atoms with Gasteiger partial charge in [0.1, 0.15) is 5.75 Å². The Kier molecular flexibility index (Phi) is 2.65. The first-order chi connectivity index (χ1) is 6.84. The van der Waals surface area contributed by atoms with Crippen molar-refractivity contribution in [3.8, 4) is 5.75 Å². The molecule has 1 saturated carbocycles. The van der Waals surface area contributed by atoms with Gasteiger partial charge in [0.25, 0.3) is 0 Å². The highest BCUT2D eigenvalue weighted by Gasteiger charge is 2.46. The quantitative estimate of drug-likeness (QED) is 0.792. The van der Waals surface area contributed by atoms with Crippen molar-refractivity contribution in [1.82, 2.24) is 5.32 Å². The second kappa shape index (κ2) is 3.69. The van der Waals surface area contributed by atoms with E-state index in [1.54, 1.807) is 7.11 Å². The van der Waals surface area contributed by atoms with Gasteiger partial charge in [-0.15, -0.1) is 12.4 Å². The molecule has 0 amide bonds. The van der Waals surface area contributed by atoms with Crippen LogP contribution in [-0.2, 0) is 12.0 Å². The van der Waals surface area contributed by atoms with Crippen LogP contribution in [0, 0.1) is 0 Å². The molecule has 1 fully saturated rings. The molecule has 1 spiro atoms. The van der Waals surface area contributed by atoms with Gasteiger partial charge in [0.05, 0.1) is 7.11 Å². The summed E-state index contributed by atoms with van der Waals surface area (Å²) >= 11 is 0. The van der Waals surface area contributed by atoms with Crippen LogP contribution in [0.3, 0.4) is 0 Å². The van der Waals surface area contributed by atoms with Crippen LogP contribution in [0.1, 0.15) is 24.0 Å². The highest BCUT2D eigenvalue weighted by molar-refractivity contribution is 5.85. The first-order valence-electron chi connectivity index (χ1n) is 5.22. The predicted molar refractivity (Wildman–Crippen MR) is 62.9 cm³/mol. The Morgan fingerprint density at radius 3 is 2.80 bits per heavy atom. The van der Waals surface area contributed by atoms with E-state index in [0.29, 0.717) is 5.41 Å². The van der Waals surface area contributed by atoms with Gasteiger partial charge in [0.2, 0.25) is 0 Å². The molecule has 2 nitrogen and oxygen atoms in total. The minimum Gasteiger partial charge on any atom is -0.497 e. The van der Waals surface area contributed by atoms with Crippen molar-refractivity contribution in [2.24, 2.45) is 0 Å². The summed E-state index contributed by atoms with van der Waals surface area (Å²) in [7, 11) is 1.74. The Bertz CT molecular complexity index is 374. The Balaban J connectivity index is 0.000000853. The van der Waals surface area contributed by atoms with E-state index >= 15 is 0 Å². The average Bonchev–Trinajstić information content (AvgIpc) is 2.99. The largest absolute Gasteiger partial charge is 0.497 e. The molecule has 0 bridgehead atoms. The van der Waals surface area contributed by atoms with Crippen molar-refractivity contribution in [1.29, 1.82) is 0 Å². The van der Waals surface area contributed by atoms with Crippen LogP contribution < -0.4 is 10.1 Å². The van der Waals surface area contributed by atoms with Gasteiger partial charge in [0.15, 0.2) is 0 Å². The maximum Gasteiger partial charge on any atom is 0.119 e. The van der Waals surface area contributed by atoms with Gasteiger partial charge in [-0.25, -0.2) is 0 Å². The molecule has 0 radical (unpaired) electrons. The van der Waals surface area contributed by atoms with E-state index in [9.17, 15) is 0 Å². The van der Waals surface area contributed by atoms with E-state index < -0.39 is 0 Å². The SMILES string of the molecule is COc1ccc2c(c1)C1(CC1)CNC2.Cl. The molecule has 1 heterocycles. The summed E-state index contributed by atoms with van der Waals surface area (Å²) < 4.78 is 5.28. The molecular formula is C12H16ClNO. The molecule has 1 aliphatic carbocycles. The molecule has 0 atom stereocenters. The Labute approximate surface area is 96.4 Å². The molecule has 0 aromatic heterocycles. The van der Waals surface area contributed by atoms with E-state index in [4.69, 9.17) is 4.74 Å². The Hall–Kier alpha value is -0.730. The lowest BCUT2D eigenvalue weighted by molar-refractivity contribution is 0.411. The summed E-state index contributed by atoms with van der Waals surface area (Å²) in [6.45, 7) is 2.16. The summed E-state index contributed by atoms with van der Waals surface area (Å²) in [5, 5.41) is 3.49. The van der Waals surface area contributed by atoms with Crippen LogP contribution in [0.25, 0.3) is 0 Å². The van der Waals surface area contributed by atoms with Gasteiger partial charge in [-0.05, 0) is 36.1 Å². The molecule has 1 aliphatic heterocycles. The molecule has 1 N–H and O–H groups in total. The zero-order chi connectivity index (χ0) is 9.60. The number of nitrogens with one attached hydrogen (secondary N) is 1. The van der Waals surface area contributed by atoms with E-state index in [1.165, 1.54) is 24.0 Å². The third kappa shape index (κ3) is 1.62. The molecule has 3 heteroatoms. The number of rotatable bonds is 1. The third-order valence-electron chi connectivity index (χ3n) is 3.52. The number of hydrogen-bond donors (Lipinski definition) is 1. The Morgan fingerprint density at radius 2 is 2.13 bits per heavy atom. The van der Waals surface area contributed by atoms with Crippen molar-refractivity contribution in [2.75, 3.05) is 13.7 Å². The fourth-order valence-corrected chi connectivity index (χ4v) is 2.46. The fraction of sp³-hybridized carbons (Fsp3) is 0.500. The number of methoxy groups -OCH3 is 1. The van der Waals surface area contributed by atoms with Crippen LogP contribution in [0.5, 0.6) is 5.75 Å². The molecular weight excluding hydrogens is 210 g/mol. The van der Waals surface area contributed by atoms with Gasteiger partial charge in [-0.1, -0.05) is 6.07 Å². The second-order valence-electron chi connectivity index (χ2n) is 4.41. The summed E-state index contributed by atoms with van der Waals surface area (Å²) in [4.78, 5) is 0. The highest BCUT2D eigenvalue weighted by atomic mass is 35.5. The lowest BCUT2D eigenvalue weighted by Crippen LogP contribution is -2.33. The molecule has 3 rings (SSSR count). The first-order valence-corrected chi connectivity index (χ1v) is 5.22. The first kappa shape index (κ1) is 10.8. The minimum atomic E-state index is 0. The summed E-state index contributed by atoms with van der Waals surface area (Å²) in [6.07, 6.45) is 2.67. The normalized spacial score (nSPS) is 20.3. The standard InChI is InChI=1S/C12H15NO.ClH/c1-14-10-3-2-9-7-13-8-12(4-5-12)11(9)6-10;/h2-3,6,13H,4-5,7-8H2,1H3;1H. The van der Waals surface area contributed by atoms with Crippen LogP contribution in [0.2, 0.25) is 0 Å². The number of ether oxygens (including phenoxy) is 1. The number of hydrogen-bond acceptors (Lipinski definition) is 2.